The molecule has 1 unspecified atom stereocenters. The number of aryl methyl sites for hydroxylation is 1. The number of likely N-dealkylation sites (N-methyl/N-ethyl adjacent to an activating group) is 1. The highest BCUT2D eigenvalue weighted by molar-refractivity contribution is 7.09. The minimum absolute atomic E-state index is 0.220. The first kappa shape index (κ1) is 15.8. The van der Waals surface area contributed by atoms with Crippen molar-refractivity contribution in [2.45, 2.75) is 26.3 Å². The number of ether oxygens (including phenoxy) is 2. The molecular weight excluding hydrogens is 284 g/mol. The van der Waals surface area contributed by atoms with Crippen molar-refractivity contribution in [2.75, 3.05) is 20.8 Å². The molecule has 21 heavy (non-hydrogen) atoms. The van der Waals surface area contributed by atoms with Crippen LogP contribution < -0.4 is 14.8 Å². The molecule has 1 atom stereocenters. The highest BCUT2D eigenvalue weighted by atomic mass is 32.1. The summed E-state index contributed by atoms with van der Waals surface area (Å²) in [7, 11) is 3.31. The van der Waals surface area contributed by atoms with Crippen molar-refractivity contribution in [1.82, 2.24) is 10.3 Å². The van der Waals surface area contributed by atoms with E-state index in [1.54, 1.807) is 25.6 Å². The molecule has 1 aromatic heterocycles. The van der Waals surface area contributed by atoms with Gasteiger partial charge >= 0.3 is 0 Å². The summed E-state index contributed by atoms with van der Waals surface area (Å²) >= 11 is 1.69. The molecule has 4 nitrogen and oxygen atoms in total. The number of nitrogens with one attached hydrogen (secondary N) is 1. The van der Waals surface area contributed by atoms with Gasteiger partial charge in [-0.05, 0) is 37.6 Å². The lowest BCUT2D eigenvalue weighted by Crippen LogP contribution is -2.23. The third kappa shape index (κ3) is 3.95. The molecule has 1 N–H and O–H groups in total. The van der Waals surface area contributed by atoms with Crippen LogP contribution in [0.1, 0.15) is 29.2 Å². The van der Waals surface area contributed by atoms with Crippen molar-refractivity contribution in [3.8, 4) is 11.5 Å². The van der Waals surface area contributed by atoms with E-state index >= 15 is 0 Å². The molecule has 2 rings (SSSR count). The van der Waals surface area contributed by atoms with Gasteiger partial charge in [-0.15, -0.1) is 11.3 Å². The first-order valence-corrected chi connectivity index (χ1v) is 7.92. The lowest BCUT2D eigenvalue weighted by Gasteiger charge is -2.17. The molecule has 0 fully saturated rings. The van der Waals surface area contributed by atoms with Crippen molar-refractivity contribution in [3.05, 3.63) is 39.8 Å². The minimum atomic E-state index is 0.220. The average Bonchev–Trinajstić information content (AvgIpc) is 2.93. The number of rotatable bonds is 7. The zero-order chi connectivity index (χ0) is 15.2. The fourth-order valence-corrected chi connectivity index (χ4v) is 2.98. The maximum absolute atomic E-state index is 5.37. The Bertz CT molecular complexity index is 583. The molecule has 0 radical (unpaired) electrons. The molecular formula is C16H22N2O2S. The molecule has 0 saturated carbocycles. The largest absolute Gasteiger partial charge is 0.493 e. The van der Waals surface area contributed by atoms with Gasteiger partial charge in [0, 0.05) is 5.38 Å². The molecule has 0 aliphatic rings. The van der Waals surface area contributed by atoms with Gasteiger partial charge in [0.15, 0.2) is 11.5 Å². The van der Waals surface area contributed by atoms with E-state index in [-0.39, 0.29) is 6.04 Å². The van der Waals surface area contributed by atoms with E-state index in [2.05, 4.69) is 28.7 Å². The van der Waals surface area contributed by atoms with E-state index in [0.29, 0.717) is 0 Å². The first-order chi connectivity index (χ1) is 10.2. The Kier molecular flexibility index (Phi) is 5.59. The van der Waals surface area contributed by atoms with Crippen molar-refractivity contribution in [1.29, 1.82) is 0 Å². The Morgan fingerprint density at radius 2 is 2.00 bits per heavy atom. The highest BCUT2D eigenvalue weighted by Gasteiger charge is 2.15. The molecule has 0 saturated heterocycles. The molecule has 5 heteroatoms. The van der Waals surface area contributed by atoms with Gasteiger partial charge in [0.2, 0.25) is 0 Å². The quantitative estimate of drug-likeness (QED) is 0.852. The summed E-state index contributed by atoms with van der Waals surface area (Å²) in [5.41, 5.74) is 2.30. The zero-order valence-corrected chi connectivity index (χ0v) is 13.8. The van der Waals surface area contributed by atoms with E-state index in [1.165, 1.54) is 5.56 Å². The van der Waals surface area contributed by atoms with Crippen LogP contribution in [0.2, 0.25) is 0 Å². The summed E-state index contributed by atoms with van der Waals surface area (Å²) in [6, 6.07) is 6.27. The van der Waals surface area contributed by atoms with Crippen molar-refractivity contribution >= 4 is 11.3 Å². The van der Waals surface area contributed by atoms with Gasteiger partial charge in [0.25, 0.3) is 0 Å². The molecule has 0 aliphatic heterocycles. The number of nitrogens with zero attached hydrogens (tertiary/aromatic N) is 1. The van der Waals surface area contributed by atoms with Crippen LogP contribution in [0.4, 0.5) is 0 Å². The highest BCUT2D eigenvalue weighted by Crippen LogP contribution is 2.29. The molecule has 0 bridgehead atoms. The van der Waals surface area contributed by atoms with Gasteiger partial charge in [-0.3, -0.25) is 0 Å². The van der Waals surface area contributed by atoms with Crippen LogP contribution in [-0.4, -0.2) is 25.7 Å². The lowest BCUT2D eigenvalue weighted by atomic mass is 10.0. The van der Waals surface area contributed by atoms with E-state index in [1.807, 2.05) is 19.1 Å². The minimum Gasteiger partial charge on any atom is -0.493 e. The van der Waals surface area contributed by atoms with E-state index < -0.39 is 0 Å². The Labute approximate surface area is 130 Å². The maximum atomic E-state index is 5.37. The molecule has 1 heterocycles. The molecule has 114 valence electrons. The second kappa shape index (κ2) is 7.43. The second-order valence-corrected chi connectivity index (χ2v) is 5.86. The summed E-state index contributed by atoms with van der Waals surface area (Å²) in [6.07, 6.45) is 0.872. The topological polar surface area (TPSA) is 43.4 Å². The third-order valence-corrected chi connectivity index (χ3v) is 4.12. The molecule has 0 spiro atoms. The summed E-state index contributed by atoms with van der Waals surface area (Å²) < 4.78 is 10.6. The van der Waals surface area contributed by atoms with Crippen LogP contribution >= 0.6 is 11.3 Å². The maximum Gasteiger partial charge on any atom is 0.160 e. The number of thiazole rings is 1. The predicted molar refractivity (Wildman–Crippen MR) is 86.5 cm³/mol. The Balaban J connectivity index is 2.20. The van der Waals surface area contributed by atoms with Crippen molar-refractivity contribution in [3.63, 3.8) is 0 Å². The Morgan fingerprint density at radius 3 is 2.57 bits per heavy atom. The van der Waals surface area contributed by atoms with Crippen LogP contribution in [-0.2, 0) is 6.42 Å². The SMILES string of the molecule is CCNC(Cc1ccc(OC)c(OC)c1)c1csc(C)n1. The monoisotopic (exact) mass is 306 g/mol. The number of hydrogen-bond acceptors (Lipinski definition) is 5. The predicted octanol–water partition coefficient (Wildman–Crippen LogP) is 3.36. The summed E-state index contributed by atoms with van der Waals surface area (Å²) in [4.78, 5) is 4.60. The second-order valence-electron chi connectivity index (χ2n) is 4.80. The number of benzene rings is 1. The summed E-state index contributed by atoms with van der Waals surface area (Å²) in [5.74, 6) is 1.52. The van der Waals surface area contributed by atoms with Gasteiger partial charge in [0.05, 0.1) is 31.0 Å². The average molecular weight is 306 g/mol. The number of hydrogen-bond donors (Lipinski definition) is 1. The van der Waals surface area contributed by atoms with E-state index in [4.69, 9.17) is 9.47 Å². The Morgan fingerprint density at radius 1 is 1.24 bits per heavy atom. The standard InChI is InChI=1S/C16H22N2O2S/c1-5-17-13(14-10-21-11(2)18-14)8-12-6-7-15(19-3)16(9-12)20-4/h6-7,9-10,13,17H,5,8H2,1-4H3. The lowest BCUT2D eigenvalue weighted by molar-refractivity contribution is 0.354. The van der Waals surface area contributed by atoms with Crippen LogP contribution in [0.5, 0.6) is 11.5 Å². The molecule has 2 aromatic rings. The van der Waals surface area contributed by atoms with Gasteiger partial charge in [0.1, 0.15) is 0 Å². The van der Waals surface area contributed by atoms with Gasteiger partial charge < -0.3 is 14.8 Å². The van der Waals surface area contributed by atoms with E-state index in [0.717, 1.165) is 35.2 Å². The summed E-state index contributed by atoms with van der Waals surface area (Å²) in [5, 5.41) is 6.72. The van der Waals surface area contributed by atoms with Gasteiger partial charge in [-0.25, -0.2) is 4.98 Å². The first-order valence-electron chi connectivity index (χ1n) is 7.04. The van der Waals surface area contributed by atoms with Gasteiger partial charge in [-0.1, -0.05) is 13.0 Å². The van der Waals surface area contributed by atoms with Crippen LogP contribution in [0.25, 0.3) is 0 Å². The summed E-state index contributed by atoms with van der Waals surface area (Å²) in [6.45, 7) is 5.06. The third-order valence-electron chi connectivity index (χ3n) is 3.33. The van der Waals surface area contributed by atoms with Gasteiger partial charge in [-0.2, -0.15) is 0 Å². The molecule has 0 aliphatic carbocycles. The fraction of sp³-hybridized carbons (Fsp3) is 0.438. The normalized spacial score (nSPS) is 12.2. The van der Waals surface area contributed by atoms with E-state index in [9.17, 15) is 0 Å². The Hall–Kier alpha value is -1.59. The number of aromatic nitrogens is 1. The van der Waals surface area contributed by atoms with Crippen LogP contribution in [0, 0.1) is 6.92 Å². The van der Waals surface area contributed by atoms with Crippen molar-refractivity contribution < 1.29 is 9.47 Å². The van der Waals surface area contributed by atoms with Crippen LogP contribution in [0.15, 0.2) is 23.6 Å². The molecule has 1 aromatic carbocycles. The zero-order valence-electron chi connectivity index (χ0n) is 13.0. The molecule has 0 amide bonds. The fourth-order valence-electron chi connectivity index (χ4n) is 2.31. The van der Waals surface area contributed by atoms with Crippen molar-refractivity contribution in [2.24, 2.45) is 0 Å². The smallest absolute Gasteiger partial charge is 0.160 e. The van der Waals surface area contributed by atoms with Crippen LogP contribution in [0.3, 0.4) is 0 Å². The number of methoxy groups -OCH3 is 2.